The van der Waals surface area contributed by atoms with Crippen LogP contribution in [0, 0.1) is 5.92 Å². The van der Waals surface area contributed by atoms with Gasteiger partial charge in [-0.2, -0.15) is 9.97 Å². The lowest BCUT2D eigenvalue weighted by Crippen LogP contribution is -2.25. The van der Waals surface area contributed by atoms with Gasteiger partial charge in [0.2, 0.25) is 23.4 Å². The van der Waals surface area contributed by atoms with Gasteiger partial charge in [-0.1, -0.05) is 0 Å². The Hall–Kier alpha value is -2.18. The number of methoxy groups -OCH3 is 2. The number of Topliss-reactive ketones (excluding diaryl/α,β-unsaturated/α-hetero) is 1. The maximum Gasteiger partial charge on any atom is 0.316 e. The Balaban J connectivity index is 3.01. The molecule has 0 aliphatic heterocycles. The van der Waals surface area contributed by atoms with Crippen LogP contribution >= 0.6 is 0 Å². The molecule has 7 nitrogen and oxygen atoms in total. The molecule has 0 fully saturated rings. The number of carbonyl (C=O) groups is 2. The fraction of sp³-hybridized carbons (Fsp3) is 0.500. The molecule has 0 spiro atoms. The quantitative estimate of drug-likeness (QED) is 0.430. The van der Waals surface area contributed by atoms with Gasteiger partial charge in [0.25, 0.3) is 0 Å². The molecule has 19 heavy (non-hydrogen) atoms. The molecule has 0 amide bonds. The lowest BCUT2D eigenvalue weighted by Gasteiger charge is -2.10. The van der Waals surface area contributed by atoms with E-state index in [9.17, 15) is 9.59 Å². The topological polar surface area (TPSA) is 87.6 Å². The minimum atomic E-state index is -0.975. The molecule has 0 bridgehead atoms. The van der Waals surface area contributed by atoms with Crippen LogP contribution in [0.5, 0.6) is 11.8 Å². The minimum absolute atomic E-state index is 0.142. The number of esters is 1. The van der Waals surface area contributed by atoms with Crippen molar-refractivity contribution < 1.29 is 23.8 Å². The molecule has 104 valence electrons. The molecule has 0 saturated heterocycles. The first-order valence-corrected chi connectivity index (χ1v) is 5.71. The molecule has 0 saturated carbocycles. The Morgan fingerprint density at radius 3 is 2.16 bits per heavy atom. The SMILES string of the molecule is CCOC(=O)C(C)C(=O)c1nc(OC)cc(OC)n1. The van der Waals surface area contributed by atoms with Gasteiger partial charge in [-0.25, -0.2) is 0 Å². The minimum Gasteiger partial charge on any atom is -0.481 e. The molecule has 1 heterocycles. The summed E-state index contributed by atoms with van der Waals surface area (Å²) in [4.78, 5) is 31.4. The highest BCUT2D eigenvalue weighted by Gasteiger charge is 2.27. The molecule has 0 aromatic carbocycles. The highest BCUT2D eigenvalue weighted by Crippen LogP contribution is 2.17. The maximum absolute atomic E-state index is 12.1. The second-order valence-electron chi connectivity index (χ2n) is 3.61. The lowest BCUT2D eigenvalue weighted by atomic mass is 10.1. The number of nitrogens with zero attached hydrogens (tertiary/aromatic N) is 2. The summed E-state index contributed by atoms with van der Waals surface area (Å²) in [6.07, 6.45) is 0. The number of ketones is 1. The van der Waals surface area contributed by atoms with Gasteiger partial charge in [0, 0.05) is 0 Å². The van der Waals surface area contributed by atoms with Crippen LogP contribution in [0.25, 0.3) is 0 Å². The number of hydrogen-bond donors (Lipinski definition) is 0. The third kappa shape index (κ3) is 3.64. The normalized spacial score (nSPS) is 11.6. The standard InChI is InChI=1S/C12H16N2O5/c1-5-19-12(16)7(2)10(15)11-13-8(17-3)6-9(14-11)18-4/h6-7H,5H2,1-4H3. The van der Waals surface area contributed by atoms with Crippen molar-refractivity contribution in [3.05, 3.63) is 11.9 Å². The number of carbonyl (C=O) groups excluding carboxylic acids is 2. The van der Waals surface area contributed by atoms with Gasteiger partial charge in [0.1, 0.15) is 5.92 Å². The molecule has 0 radical (unpaired) electrons. The third-order valence-electron chi connectivity index (χ3n) is 2.35. The predicted molar refractivity (Wildman–Crippen MR) is 65.3 cm³/mol. The highest BCUT2D eigenvalue weighted by atomic mass is 16.5. The zero-order valence-corrected chi connectivity index (χ0v) is 11.3. The second-order valence-corrected chi connectivity index (χ2v) is 3.61. The molecular weight excluding hydrogens is 252 g/mol. The Labute approximate surface area is 110 Å². The summed E-state index contributed by atoms with van der Waals surface area (Å²) in [6.45, 7) is 3.31. The second kappa shape index (κ2) is 6.67. The smallest absolute Gasteiger partial charge is 0.316 e. The largest absolute Gasteiger partial charge is 0.481 e. The van der Waals surface area contributed by atoms with Crippen LogP contribution in [-0.2, 0) is 9.53 Å². The Bertz CT molecular complexity index is 453. The van der Waals surface area contributed by atoms with Crippen LogP contribution in [0.15, 0.2) is 6.07 Å². The Morgan fingerprint density at radius 1 is 1.21 bits per heavy atom. The van der Waals surface area contributed by atoms with Gasteiger partial charge >= 0.3 is 5.97 Å². The molecule has 1 unspecified atom stereocenters. The average Bonchev–Trinajstić information content (AvgIpc) is 2.45. The van der Waals surface area contributed by atoms with E-state index in [0.29, 0.717) is 0 Å². The van der Waals surface area contributed by atoms with E-state index in [1.54, 1.807) is 6.92 Å². The van der Waals surface area contributed by atoms with Crippen molar-refractivity contribution >= 4 is 11.8 Å². The molecule has 1 aromatic rings. The molecule has 0 N–H and O–H groups in total. The van der Waals surface area contributed by atoms with E-state index in [1.165, 1.54) is 27.2 Å². The predicted octanol–water partition coefficient (Wildman–Crippen LogP) is 0.876. The number of rotatable bonds is 6. The zero-order chi connectivity index (χ0) is 14.4. The first-order valence-electron chi connectivity index (χ1n) is 5.71. The average molecular weight is 268 g/mol. The van der Waals surface area contributed by atoms with E-state index < -0.39 is 17.7 Å². The summed E-state index contributed by atoms with van der Waals surface area (Å²) in [7, 11) is 2.82. The number of ether oxygens (including phenoxy) is 3. The van der Waals surface area contributed by atoms with Crippen LogP contribution in [0.3, 0.4) is 0 Å². The number of aromatic nitrogens is 2. The van der Waals surface area contributed by atoms with Gasteiger partial charge in [0.15, 0.2) is 0 Å². The van der Waals surface area contributed by atoms with Crippen LogP contribution in [0.1, 0.15) is 24.5 Å². The van der Waals surface area contributed by atoms with Crippen molar-refractivity contribution in [1.82, 2.24) is 9.97 Å². The van der Waals surface area contributed by atoms with Crippen molar-refractivity contribution in [1.29, 1.82) is 0 Å². The molecule has 0 aliphatic carbocycles. The van der Waals surface area contributed by atoms with E-state index in [0.717, 1.165) is 0 Å². The van der Waals surface area contributed by atoms with Crippen molar-refractivity contribution in [3.63, 3.8) is 0 Å². The van der Waals surface area contributed by atoms with Crippen molar-refractivity contribution in [2.24, 2.45) is 5.92 Å². The van der Waals surface area contributed by atoms with E-state index in [4.69, 9.17) is 14.2 Å². The molecule has 1 rings (SSSR count). The summed E-state index contributed by atoms with van der Waals surface area (Å²) < 4.78 is 14.7. The fourth-order valence-electron chi connectivity index (χ4n) is 1.29. The first-order chi connectivity index (χ1) is 9.03. The van der Waals surface area contributed by atoms with Gasteiger partial charge < -0.3 is 14.2 Å². The van der Waals surface area contributed by atoms with Crippen LogP contribution in [-0.4, -0.2) is 42.5 Å². The first kappa shape index (κ1) is 14.9. The monoisotopic (exact) mass is 268 g/mol. The van der Waals surface area contributed by atoms with Crippen molar-refractivity contribution in [3.8, 4) is 11.8 Å². The Kier molecular flexibility index (Phi) is 5.23. The van der Waals surface area contributed by atoms with E-state index in [-0.39, 0.29) is 24.2 Å². The van der Waals surface area contributed by atoms with Crippen LogP contribution in [0.4, 0.5) is 0 Å². The van der Waals surface area contributed by atoms with E-state index in [2.05, 4.69) is 9.97 Å². The summed E-state index contributed by atoms with van der Waals surface area (Å²) >= 11 is 0. The summed E-state index contributed by atoms with van der Waals surface area (Å²) in [5.74, 6) is -1.90. The van der Waals surface area contributed by atoms with Crippen molar-refractivity contribution in [2.75, 3.05) is 20.8 Å². The van der Waals surface area contributed by atoms with Crippen LogP contribution < -0.4 is 9.47 Å². The highest BCUT2D eigenvalue weighted by molar-refractivity contribution is 6.06. The summed E-state index contributed by atoms with van der Waals surface area (Å²) in [5.41, 5.74) is 0. The van der Waals surface area contributed by atoms with Gasteiger partial charge in [-0.15, -0.1) is 0 Å². The molecule has 1 atom stereocenters. The molecular formula is C12H16N2O5. The summed E-state index contributed by atoms with van der Waals surface area (Å²) in [6, 6.07) is 1.44. The maximum atomic E-state index is 12.1. The molecule has 7 heteroatoms. The van der Waals surface area contributed by atoms with Gasteiger partial charge in [0.05, 0.1) is 26.9 Å². The fourth-order valence-corrected chi connectivity index (χ4v) is 1.29. The lowest BCUT2D eigenvalue weighted by molar-refractivity contribution is -0.145. The third-order valence-corrected chi connectivity index (χ3v) is 2.35. The van der Waals surface area contributed by atoms with Gasteiger partial charge in [-0.3, -0.25) is 9.59 Å². The molecule has 1 aromatic heterocycles. The van der Waals surface area contributed by atoms with Crippen molar-refractivity contribution in [2.45, 2.75) is 13.8 Å². The van der Waals surface area contributed by atoms with E-state index >= 15 is 0 Å². The number of hydrogen-bond acceptors (Lipinski definition) is 7. The molecule has 0 aliphatic rings. The van der Waals surface area contributed by atoms with Crippen LogP contribution in [0.2, 0.25) is 0 Å². The zero-order valence-electron chi connectivity index (χ0n) is 11.3. The Morgan fingerprint density at radius 2 is 1.74 bits per heavy atom. The van der Waals surface area contributed by atoms with Gasteiger partial charge in [-0.05, 0) is 13.8 Å². The summed E-state index contributed by atoms with van der Waals surface area (Å²) in [5, 5.41) is 0. The van der Waals surface area contributed by atoms with E-state index in [1.807, 2.05) is 0 Å².